The van der Waals surface area contributed by atoms with Crippen molar-refractivity contribution in [3.63, 3.8) is 0 Å². The molecular formula is C13H30N2O9. The molecule has 0 amide bonds. The summed E-state index contributed by atoms with van der Waals surface area (Å²) in [7, 11) is 0. The monoisotopic (exact) mass is 358 g/mol. The largest absolute Gasteiger partial charge is 0.481 e. The number of hydrogen-bond acceptors (Lipinski definition) is 7. The molecule has 146 valence electrons. The van der Waals surface area contributed by atoms with Gasteiger partial charge in [-0.2, -0.15) is 0 Å². The number of nitrogens with two attached hydrogens (primary N) is 2. The Morgan fingerprint density at radius 2 is 0.917 bits per heavy atom. The van der Waals surface area contributed by atoms with Crippen LogP contribution in [0.5, 0.6) is 0 Å². The van der Waals surface area contributed by atoms with Gasteiger partial charge in [-0.1, -0.05) is 0 Å². The van der Waals surface area contributed by atoms with Crippen molar-refractivity contribution in [3.05, 3.63) is 0 Å². The SMILES string of the molecule is CC(=O)O.CC(=O)O.CC(=O)O.CC(=O)O.CC(C)(O)C(N)CN. The van der Waals surface area contributed by atoms with E-state index < -0.39 is 29.5 Å². The highest BCUT2D eigenvalue weighted by atomic mass is 16.4. The lowest BCUT2D eigenvalue weighted by atomic mass is 10.0. The maximum atomic E-state index is 9.08. The summed E-state index contributed by atoms with van der Waals surface area (Å²) >= 11 is 0. The molecular weight excluding hydrogens is 328 g/mol. The van der Waals surface area contributed by atoms with Crippen LogP contribution < -0.4 is 11.5 Å². The van der Waals surface area contributed by atoms with E-state index in [1.54, 1.807) is 13.8 Å². The fourth-order valence-electron chi connectivity index (χ4n) is 0.288. The van der Waals surface area contributed by atoms with Crippen LogP contribution in [-0.2, 0) is 19.2 Å². The van der Waals surface area contributed by atoms with Crippen LogP contribution in [0.4, 0.5) is 0 Å². The van der Waals surface area contributed by atoms with Crippen LogP contribution in [0.25, 0.3) is 0 Å². The van der Waals surface area contributed by atoms with Crippen molar-refractivity contribution in [2.24, 2.45) is 11.5 Å². The number of carbonyl (C=O) groups is 4. The second-order valence-electron chi connectivity index (χ2n) is 4.57. The van der Waals surface area contributed by atoms with Crippen molar-refractivity contribution < 1.29 is 44.7 Å². The topological polar surface area (TPSA) is 221 Å². The van der Waals surface area contributed by atoms with Crippen LogP contribution in [0, 0.1) is 0 Å². The van der Waals surface area contributed by atoms with Crippen molar-refractivity contribution in [2.45, 2.75) is 53.2 Å². The Morgan fingerprint density at radius 3 is 0.917 bits per heavy atom. The Balaban J connectivity index is -0.0000000657. The van der Waals surface area contributed by atoms with E-state index in [9.17, 15) is 0 Å². The van der Waals surface area contributed by atoms with E-state index in [0.29, 0.717) is 6.54 Å². The number of aliphatic carboxylic acids is 4. The number of aliphatic hydroxyl groups is 1. The van der Waals surface area contributed by atoms with Crippen LogP contribution in [0.3, 0.4) is 0 Å². The highest BCUT2D eigenvalue weighted by Crippen LogP contribution is 2.03. The molecule has 0 bridgehead atoms. The van der Waals surface area contributed by atoms with Gasteiger partial charge < -0.3 is 37.0 Å². The first-order chi connectivity index (χ1) is 10.4. The lowest BCUT2D eigenvalue weighted by Crippen LogP contribution is -2.47. The second-order valence-corrected chi connectivity index (χ2v) is 4.57. The van der Waals surface area contributed by atoms with Gasteiger partial charge >= 0.3 is 0 Å². The highest BCUT2D eigenvalue weighted by Gasteiger charge is 2.20. The zero-order chi connectivity index (χ0) is 21.1. The van der Waals surface area contributed by atoms with Gasteiger partial charge in [0.25, 0.3) is 23.9 Å². The molecule has 9 N–H and O–H groups in total. The number of rotatable bonds is 2. The summed E-state index contributed by atoms with van der Waals surface area (Å²) in [6.45, 7) is 7.94. The van der Waals surface area contributed by atoms with Gasteiger partial charge in [0.1, 0.15) is 0 Å². The van der Waals surface area contributed by atoms with Crippen molar-refractivity contribution in [3.8, 4) is 0 Å². The van der Waals surface area contributed by atoms with E-state index >= 15 is 0 Å². The first kappa shape index (κ1) is 33.4. The first-order valence-electron chi connectivity index (χ1n) is 6.37. The Hall–Kier alpha value is -2.24. The average molecular weight is 358 g/mol. The smallest absolute Gasteiger partial charge is 0.300 e. The summed E-state index contributed by atoms with van der Waals surface area (Å²) in [6.07, 6.45) is 0. The third-order valence-corrected chi connectivity index (χ3v) is 1.16. The molecule has 0 aromatic heterocycles. The second kappa shape index (κ2) is 20.8. The number of hydrogen-bond donors (Lipinski definition) is 7. The summed E-state index contributed by atoms with van der Waals surface area (Å²) < 4.78 is 0. The predicted molar refractivity (Wildman–Crippen MR) is 86.6 cm³/mol. The van der Waals surface area contributed by atoms with E-state index in [4.69, 9.17) is 56.2 Å². The van der Waals surface area contributed by atoms with Gasteiger partial charge in [-0.3, -0.25) is 19.2 Å². The minimum absolute atomic E-state index is 0.317. The summed E-state index contributed by atoms with van der Waals surface area (Å²) in [5, 5.41) is 38.7. The maximum absolute atomic E-state index is 9.08. The molecule has 0 aromatic rings. The summed E-state index contributed by atoms with van der Waals surface area (Å²) in [5.41, 5.74) is 9.71. The van der Waals surface area contributed by atoms with E-state index in [1.165, 1.54) is 0 Å². The molecule has 0 heterocycles. The quantitative estimate of drug-likeness (QED) is 0.330. The van der Waals surface area contributed by atoms with E-state index in [2.05, 4.69) is 0 Å². The molecule has 0 aliphatic heterocycles. The van der Waals surface area contributed by atoms with Crippen LogP contribution in [-0.4, -0.2) is 67.6 Å². The van der Waals surface area contributed by atoms with Crippen molar-refractivity contribution in [1.82, 2.24) is 0 Å². The van der Waals surface area contributed by atoms with E-state index in [-0.39, 0.29) is 6.04 Å². The fraction of sp³-hybridized carbons (Fsp3) is 0.692. The zero-order valence-electron chi connectivity index (χ0n) is 14.8. The van der Waals surface area contributed by atoms with Gasteiger partial charge in [-0.15, -0.1) is 0 Å². The standard InChI is InChI=1S/C5H14N2O.4C2H4O2/c1-5(2,8)4(7)3-6;4*1-2(3)4/h4,8H,3,6-7H2,1-2H3;4*1H3,(H,3,4). The molecule has 0 aliphatic rings. The van der Waals surface area contributed by atoms with Gasteiger partial charge in [-0.05, 0) is 13.8 Å². The molecule has 0 aliphatic carbocycles. The van der Waals surface area contributed by atoms with Gasteiger partial charge in [0, 0.05) is 40.3 Å². The molecule has 0 saturated heterocycles. The molecule has 11 nitrogen and oxygen atoms in total. The average Bonchev–Trinajstić information content (AvgIpc) is 2.23. The third-order valence-electron chi connectivity index (χ3n) is 1.16. The number of carboxylic acid groups (broad SMARTS) is 4. The zero-order valence-corrected chi connectivity index (χ0v) is 14.8. The van der Waals surface area contributed by atoms with Gasteiger partial charge in [-0.25, -0.2) is 0 Å². The molecule has 0 fully saturated rings. The van der Waals surface area contributed by atoms with Crippen LogP contribution >= 0.6 is 0 Å². The highest BCUT2D eigenvalue weighted by molar-refractivity contribution is 5.63. The molecule has 0 aromatic carbocycles. The van der Waals surface area contributed by atoms with Crippen molar-refractivity contribution >= 4 is 23.9 Å². The molecule has 0 saturated carbocycles. The third kappa shape index (κ3) is 210. The maximum Gasteiger partial charge on any atom is 0.300 e. The number of carboxylic acids is 4. The minimum atomic E-state index is -0.839. The molecule has 11 heteroatoms. The van der Waals surface area contributed by atoms with Gasteiger partial charge in [0.05, 0.1) is 5.60 Å². The molecule has 0 rings (SSSR count). The Bertz CT molecular complexity index is 288. The Morgan fingerprint density at radius 1 is 0.792 bits per heavy atom. The Kier molecular flexibility index (Phi) is 28.9. The summed E-state index contributed by atoms with van der Waals surface area (Å²) in [5.74, 6) is -3.33. The van der Waals surface area contributed by atoms with Crippen molar-refractivity contribution in [2.75, 3.05) is 6.54 Å². The molecule has 24 heavy (non-hydrogen) atoms. The van der Waals surface area contributed by atoms with Crippen molar-refractivity contribution in [1.29, 1.82) is 0 Å². The van der Waals surface area contributed by atoms with E-state index in [0.717, 1.165) is 27.7 Å². The molecule has 1 unspecified atom stereocenters. The summed E-state index contributed by atoms with van der Waals surface area (Å²) in [4.78, 5) is 36.0. The van der Waals surface area contributed by atoms with Gasteiger partial charge in [0.15, 0.2) is 0 Å². The minimum Gasteiger partial charge on any atom is -0.481 e. The predicted octanol–water partition coefficient (Wildman–Crippen LogP) is -0.593. The van der Waals surface area contributed by atoms with Crippen LogP contribution in [0.1, 0.15) is 41.5 Å². The van der Waals surface area contributed by atoms with E-state index in [1.807, 2.05) is 0 Å². The molecule has 0 spiro atoms. The lowest BCUT2D eigenvalue weighted by molar-refractivity contribution is -0.135. The van der Waals surface area contributed by atoms with Crippen LogP contribution in [0.15, 0.2) is 0 Å². The molecule has 1 atom stereocenters. The van der Waals surface area contributed by atoms with Gasteiger partial charge in [0.2, 0.25) is 0 Å². The fourth-order valence-corrected chi connectivity index (χ4v) is 0.288. The first-order valence-corrected chi connectivity index (χ1v) is 6.37. The summed E-state index contributed by atoms with van der Waals surface area (Å²) in [6, 6.07) is -0.317. The normalized spacial score (nSPS) is 9.54. The lowest BCUT2D eigenvalue weighted by Gasteiger charge is -2.23. The van der Waals surface area contributed by atoms with Crippen LogP contribution in [0.2, 0.25) is 0 Å². The Labute approximate surface area is 140 Å². The molecule has 0 radical (unpaired) electrons.